The Morgan fingerprint density at radius 1 is 1.11 bits per heavy atom. The van der Waals surface area contributed by atoms with Gasteiger partial charge >= 0.3 is 0 Å². The van der Waals surface area contributed by atoms with Gasteiger partial charge in [0.1, 0.15) is 22.2 Å². The van der Waals surface area contributed by atoms with E-state index in [0.717, 1.165) is 16.0 Å². The van der Waals surface area contributed by atoms with Gasteiger partial charge in [-0.3, -0.25) is 14.8 Å². The van der Waals surface area contributed by atoms with Gasteiger partial charge < -0.3 is 5.73 Å². The molecule has 0 aliphatic rings. The predicted octanol–water partition coefficient (Wildman–Crippen LogP) is 4.34. The van der Waals surface area contributed by atoms with Crippen LogP contribution in [-0.2, 0) is 6.54 Å². The highest BCUT2D eigenvalue weighted by Gasteiger charge is 2.19. The maximum Gasteiger partial charge on any atom is 0.266 e. The highest BCUT2D eigenvalue weighted by molar-refractivity contribution is 7.98. The molecule has 0 saturated heterocycles. The maximum atomic E-state index is 13.2. The van der Waals surface area contributed by atoms with E-state index in [-0.39, 0.29) is 17.0 Å². The first-order valence-electron chi connectivity index (χ1n) is 8.36. The lowest BCUT2D eigenvalue weighted by molar-refractivity contribution is 0.728. The molecule has 0 aliphatic carbocycles. The van der Waals surface area contributed by atoms with Crippen molar-refractivity contribution in [2.45, 2.75) is 16.5 Å². The number of nitrogen functional groups attached to an aromatic ring is 1. The molecule has 1 aromatic heterocycles. The molecule has 0 bridgehead atoms. The molecule has 144 valence electrons. The van der Waals surface area contributed by atoms with E-state index in [1.165, 1.54) is 11.8 Å². The lowest BCUT2D eigenvalue weighted by Gasteiger charge is -2.16. The molecule has 2 aromatic carbocycles. The normalized spacial score (nSPS) is 10.8. The minimum atomic E-state index is -0.328. The molecule has 0 saturated carbocycles. The molecule has 28 heavy (non-hydrogen) atoms. The van der Waals surface area contributed by atoms with Crippen LogP contribution in [0, 0.1) is 5.41 Å². The van der Waals surface area contributed by atoms with Crippen molar-refractivity contribution in [3.05, 3.63) is 75.0 Å². The van der Waals surface area contributed by atoms with Crippen LogP contribution < -0.4 is 11.3 Å². The minimum absolute atomic E-state index is 0.131. The molecule has 3 aromatic rings. The zero-order valence-electron chi connectivity index (χ0n) is 15.4. The second-order valence-corrected chi connectivity index (χ2v) is 8.09. The summed E-state index contributed by atoms with van der Waals surface area (Å²) in [5, 5.41) is 8.93. The second-order valence-electron chi connectivity index (χ2n) is 5.98. The molecular weight excluding hydrogens is 412 g/mol. The lowest BCUT2D eigenvalue weighted by Crippen LogP contribution is -2.33. The van der Waals surface area contributed by atoms with Crippen LogP contribution in [0.4, 0.5) is 0 Å². The summed E-state index contributed by atoms with van der Waals surface area (Å²) in [6.07, 6.45) is 3.83. The van der Waals surface area contributed by atoms with Crippen LogP contribution in [0.2, 0.25) is 5.02 Å². The van der Waals surface area contributed by atoms with E-state index in [1.54, 1.807) is 28.5 Å². The number of nitrogens with two attached hydrogens (primary N) is 1. The van der Waals surface area contributed by atoms with Gasteiger partial charge in [-0.1, -0.05) is 35.9 Å². The van der Waals surface area contributed by atoms with Crippen LogP contribution in [0.5, 0.6) is 0 Å². The van der Waals surface area contributed by atoms with E-state index in [1.807, 2.05) is 48.9 Å². The molecule has 0 unspecified atom stereocenters. The Morgan fingerprint density at radius 2 is 1.75 bits per heavy atom. The van der Waals surface area contributed by atoms with Gasteiger partial charge in [0.2, 0.25) is 0 Å². The Hall–Kier alpha value is -2.22. The van der Waals surface area contributed by atoms with Gasteiger partial charge in [-0.2, -0.15) is 0 Å². The molecule has 0 fully saturated rings. The topological polar surface area (TPSA) is 84.8 Å². The number of hydrogen-bond acceptors (Lipinski definition) is 5. The first-order chi connectivity index (χ1) is 13.4. The van der Waals surface area contributed by atoms with Crippen molar-refractivity contribution < 1.29 is 0 Å². The zero-order chi connectivity index (χ0) is 20.3. The summed E-state index contributed by atoms with van der Waals surface area (Å²) in [4.78, 5) is 19.0. The number of hydrogen-bond donors (Lipinski definition) is 2. The quantitative estimate of drug-likeness (QED) is 0.263. The fourth-order valence-electron chi connectivity index (χ4n) is 2.79. The smallest absolute Gasteiger partial charge is 0.266 e. The molecule has 5 nitrogen and oxygen atoms in total. The number of rotatable bonds is 6. The van der Waals surface area contributed by atoms with Gasteiger partial charge in [0.25, 0.3) is 5.56 Å². The molecule has 8 heteroatoms. The summed E-state index contributed by atoms with van der Waals surface area (Å²) in [7, 11) is 0. The Kier molecular flexibility index (Phi) is 6.49. The van der Waals surface area contributed by atoms with Crippen LogP contribution in [0.3, 0.4) is 0 Å². The van der Waals surface area contributed by atoms with Crippen molar-refractivity contribution in [1.82, 2.24) is 9.55 Å². The summed E-state index contributed by atoms with van der Waals surface area (Å²) in [6.45, 7) is 0.303. The Labute approximate surface area is 176 Å². The van der Waals surface area contributed by atoms with Crippen LogP contribution in [0.1, 0.15) is 11.1 Å². The van der Waals surface area contributed by atoms with Crippen molar-refractivity contribution in [2.75, 3.05) is 12.5 Å². The summed E-state index contributed by atoms with van der Waals surface area (Å²) in [5.41, 5.74) is 7.23. The van der Waals surface area contributed by atoms with Crippen LogP contribution in [0.15, 0.2) is 63.2 Å². The fraction of sp³-hybridized carbons (Fsp3) is 0.150. The van der Waals surface area contributed by atoms with Crippen molar-refractivity contribution >= 4 is 41.0 Å². The third kappa shape index (κ3) is 4.27. The number of benzene rings is 2. The van der Waals surface area contributed by atoms with E-state index >= 15 is 0 Å². The first-order valence-corrected chi connectivity index (χ1v) is 11.2. The third-order valence-corrected chi connectivity index (χ3v) is 5.88. The van der Waals surface area contributed by atoms with Crippen molar-refractivity contribution in [3.63, 3.8) is 0 Å². The van der Waals surface area contributed by atoms with Crippen LogP contribution in [-0.4, -0.2) is 27.9 Å². The highest BCUT2D eigenvalue weighted by Crippen LogP contribution is 2.25. The van der Waals surface area contributed by atoms with Gasteiger partial charge in [-0.05, 0) is 42.3 Å². The molecule has 0 aliphatic heterocycles. The third-order valence-electron chi connectivity index (χ3n) is 4.20. The SMILES string of the molecule is CSc1ccc(-c2nc(SC)c(C(=N)N)c(=O)n2Cc2ccc(Cl)cc2)cc1. The average molecular weight is 431 g/mol. The molecule has 0 spiro atoms. The van der Waals surface area contributed by atoms with Crippen molar-refractivity contribution in [1.29, 1.82) is 5.41 Å². The standard InChI is InChI=1S/C20H19ClN4OS2/c1-27-15-9-5-13(6-10-15)18-24-19(28-2)16(17(22)23)20(26)25(18)11-12-3-7-14(21)8-4-12/h3-10H,11H2,1-2H3,(H3,22,23). The van der Waals surface area contributed by atoms with Gasteiger partial charge in [0, 0.05) is 15.5 Å². The van der Waals surface area contributed by atoms with Gasteiger partial charge in [-0.15, -0.1) is 23.5 Å². The second kappa shape index (κ2) is 8.86. The zero-order valence-corrected chi connectivity index (χ0v) is 17.8. The summed E-state index contributed by atoms with van der Waals surface area (Å²) in [6, 6.07) is 15.2. The highest BCUT2D eigenvalue weighted by atomic mass is 35.5. The maximum absolute atomic E-state index is 13.2. The largest absolute Gasteiger partial charge is 0.383 e. The number of thioether (sulfide) groups is 2. The average Bonchev–Trinajstić information content (AvgIpc) is 2.70. The van der Waals surface area contributed by atoms with Crippen LogP contribution >= 0.6 is 35.1 Å². The van der Waals surface area contributed by atoms with E-state index in [0.29, 0.717) is 22.4 Å². The molecule has 0 atom stereocenters. The number of nitrogens with one attached hydrogen (secondary N) is 1. The Bertz CT molecular complexity index is 1060. The molecule has 3 rings (SSSR count). The number of nitrogens with zero attached hydrogens (tertiary/aromatic N) is 2. The van der Waals surface area contributed by atoms with Gasteiger partial charge in [0.15, 0.2) is 0 Å². The molecule has 0 amide bonds. The molecule has 1 heterocycles. The van der Waals surface area contributed by atoms with Crippen molar-refractivity contribution in [3.8, 4) is 11.4 Å². The first kappa shape index (κ1) is 20.5. The molecular formula is C20H19ClN4OS2. The molecule has 3 N–H and O–H groups in total. The van der Waals surface area contributed by atoms with E-state index in [4.69, 9.17) is 22.7 Å². The van der Waals surface area contributed by atoms with E-state index in [9.17, 15) is 4.79 Å². The minimum Gasteiger partial charge on any atom is -0.383 e. The number of amidine groups is 1. The Balaban J connectivity index is 2.22. The monoisotopic (exact) mass is 430 g/mol. The number of halogens is 1. The molecule has 0 radical (unpaired) electrons. The fourth-order valence-corrected chi connectivity index (χ4v) is 3.91. The lowest BCUT2D eigenvalue weighted by atomic mass is 10.1. The predicted molar refractivity (Wildman–Crippen MR) is 119 cm³/mol. The summed E-state index contributed by atoms with van der Waals surface area (Å²) >= 11 is 8.93. The summed E-state index contributed by atoms with van der Waals surface area (Å²) < 4.78 is 1.56. The van der Waals surface area contributed by atoms with Crippen molar-refractivity contribution in [2.24, 2.45) is 5.73 Å². The van der Waals surface area contributed by atoms with Gasteiger partial charge in [-0.25, -0.2) is 4.98 Å². The number of aromatic nitrogens is 2. The Morgan fingerprint density at radius 3 is 2.29 bits per heavy atom. The summed E-state index contributed by atoms with van der Waals surface area (Å²) in [5.74, 6) is 0.262. The van der Waals surface area contributed by atoms with Gasteiger partial charge in [0.05, 0.1) is 6.54 Å². The van der Waals surface area contributed by atoms with E-state index in [2.05, 4.69) is 4.98 Å². The van der Waals surface area contributed by atoms with E-state index < -0.39 is 0 Å². The van der Waals surface area contributed by atoms with Crippen LogP contribution in [0.25, 0.3) is 11.4 Å².